The average molecular weight is 818 g/mol. The number of thiocarbonyl (C=S) groups is 1. The molecule has 3 saturated heterocycles. The van der Waals surface area contributed by atoms with Gasteiger partial charge in [-0.1, -0.05) is 39.8 Å². The normalized spacial score (nSPS) is 38.2. The molecule has 4 N–H and O–H groups in total. The second kappa shape index (κ2) is 18.1. The number of aliphatic hydroxyl groups is 2. The molecule has 316 valence electrons. The SMILES string of the molecule is CC[C@H]1OC(=O)[C@H](C)C(=O)[C@H](C)[C@@H](O[C@@H]2O[C@H](O)C[C@H](N(C)C)[C@H]2O)[C@](C)(OC(=O)NC/C=C/c2cnc(C3CC3)nc2)C[C@@H](C)C(=O)[C@H](C)[C@@H]2NC(=S)O[C@]12C. The van der Waals surface area contributed by atoms with E-state index in [9.17, 15) is 29.4 Å². The van der Waals surface area contributed by atoms with Gasteiger partial charge in [0.15, 0.2) is 24.0 Å². The summed E-state index contributed by atoms with van der Waals surface area (Å²) in [6.07, 6.45) is 1.93. The van der Waals surface area contributed by atoms with E-state index in [2.05, 4.69) is 20.6 Å². The number of amides is 1. The van der Waals surface area contributed by atoms with Crippen molar-refractivity contribution in [3.8, 4) is 0 Å². The van der Waals surface area contributed by atoms with Crippen LogP contribution in [0.3, 0.4) is 0 Å². The number of rotatable bonds is 9. The standard InChI is InChI=1S/C40H59N5O11S/c1-10-27-40(7)32(44-38(57)56-40)21(3)29(47)20(2)17-39(6,55-37(51)41-15-11-12-24-18-42-34(43-19-24)25-13-14-25)33(22(4)30(48)23(5)35(50)52-27)54-36-31(49)26(45(8)9)16-28(46)53-36/h11-12,18-23,25-28,31-33,36,46,49H,10,13-17H2,1-9H3,(H,41,51)(H,44,57)/b12-11+/t20-,21+,22+,23-,26+,27-,28+,31-,32+,33-,36+,39-,40-/m1/s1. The van der Waals surface area contributed by atoms with Crippen molar-refractivity contribution in [3.63, 3.8) is 0 Å². The highest BCUT2D eigenvalue weighted by Crippen LogP contribution is 2.41. The zero-order valence-corrected chi connectivity index (χ0v) is 35.1. The smallest absolute Gasteiger partial charge is 0.408 e. The fraction of sp³-hybridized carbons (Fsp3) is 0.725. The van der Waals surface area contributed by atoms with Gasteiger partial charge in [-0.05, 0) is 72.8 Å². The van der Waals surface area contributed by atoms with Gasteiger partial charge in [0.1, 0.15) is 41.4 Å². The number of aromatic nitrogens is 2. The number of Topliss-reactive ketones (excluding diaryl/α,β-unsaturated/α-hetero) is 2. The van der Waals surface area contributed by atoms with Crippen LogP contribution in [-0.2, 0) is 38.1 Å². The highest BCUT2D eigenvalue weighted by Gasteiger charge is 2.57. The van der Waals surface area contributed by atoms with E-state index in [0.717, 1.165) is 24.2 Å². The molecule has 1 amide bonds. The summed E-state index contributed by atoms with van der Waals surface area (Å²) in [5.74, 6) is -4.56. The second-order valence-corrected chi connectivity index (χ2v) is 17.0. The predicted octanol–water partition coefficient (Wildman–Crippen LogP) is 3.03. The van der Waals surface area contributed by atoms with E-state index in [-0.39, 0.29) is 30.3 Å². The van der Waals surface area contributed by atoms with E-state index >= 15 is 0 Å². The van der Waals surface area contributed by atoms with Crippen molar-refractivity contribution in [1.82, 2.24) is 25.5 Å². The van der Waals surface area contributed by atoms with Crippen LogP contribution in [0, 0.1) is 23.7 Å². The number of aliphatic hydroxyl groups excluding tert-OH is 2. The van der Waals surface area contributed by atoms with Gasteiger partial charge in [-0.25, -0.2) is 14.8 Å². The highest BCUT2D eigenvalue weighted by molar-refractivity contribution is 7.80. The lowest BCUT2D eigenvalue weighted by molar-refractivity contribution is -0.326. The molecule has 4 heterocycles. The van der Waals surface area contributed by atoms with Crippen LogP contribution >= 0.6 is 12.2 Å². The number of hydrogen-bond acceptors (Lipinski definition) is 15. The minimum Gasteiger partial charge on any atom is -0.459 e. The minimum absolute atomic E-state index is 0.0410. The minimum atomic E-state index is -1.78. The summed E-state index contributed by atoms with van der Waals surface area (Å²) in [6, 6.07) is -1.32. The number of alkyl carbamates (subject to hydrolysis) is 1. The Hall–Kier alpha value is -3.61. The largest absolute Gasteiger partial charge is 0.459 e. The van der Waals surface area contributed by atoms with E-state index in [0.29, 0.717) is 12.3 Å². The molecule has 0 bridgehead atoms. The zero-order valence-electron chi connectivity index (χ0n) is 34.3. The van der Waals surface area contributed by atoms with Crippen LogP contribution in [0.15, 0.2) is 18.5 Å². The monoisotopic (exact) mass is 817 g/mol. The Morgan fingerprint density at radius 2 is 1.75 bits per heavy atom. The van der Waals surface area contributed by atoms with Gasteiger partial charge in [-0.2, -0.15) is 0 Å². The van der Waals surface area contributed by atoms with Gasteiger partial charge in [0, 0.05) is 60.6 Å². The van der Waals surface area contributed by atoms with Crippen molar-refractivity contribution in [2.75, 3.05) is 20.6 Å². The number of esters is 1. The van der Waals surface area contributed by atoms with Crippen LogP contribution in [0.5, 0.6) is 0 Å². The molecule has 1 aromatic heterocycles. The van der Waals surface area contributed by atoms with Crippen LogP contribution in [-0.4, -0.2) is 129 Å². The lowest BCUT2D eigenvalue weighted by Crippen LogP contribution is -2.61. The quantitative estimate of drug-likeness (QED) is 0.161. The van der Waals surface area contributed by atoms with Crippen LogP contribution in [0.4, 0.5) is 4.79 Å². The highest BCUT2D eigenvalue weighted by atomic mass is 32.1. The zero-order chi connectivity index (χ0) is 42.0. The van der Waals surface area contributed by atoms with Crippen LogP contribution in [0.2, 0.25) is 0 Å². The van der Waals surface area contributed by atoms with E-state index in [1.54, 1.807) is 71.2 Å². The fourth-order valence-electron chi connectivity index (χ4n) is 8.45. The Balaban J connectivity index is 1.50. The van der Waals surface area contributed by atoms with Crippen molar-refractivity contribution in [1.29, 1.82) is 0 Å². The summed E-state index contributed by atoms with van der Waals surface area (Å²) in [4.78, 5) is 66.9. The molecular formula is C40H59N5O11S. The number of ether oxygens (including phenoxy) is 5. The molecule has 17 heteroatoms. The first-order valence-corrected chi connectivity index (χ1v) is 20.3. The Morgan fingerprint density at radius 1 is 1.09 bits per heavy atom. The molecular weight excluding hydrogens is 759 g/mol. The maximum Gasteiger partial charge on any atom is 0.408 e. The number of nitrogens with one attached hydrogen (secondary N) is 2. The molecule has 3 aliphatic heterocycles. The Kier molecular flexibility index (Phi) is 14.1. The molecule has 1 saturated carbocycles. The van der Waals surface area contributed by atoms with Crippen molar-refractivity contribution in [2.24, 2.45) is 23.7 Å². The molecule has 16 nitrogen and oxygen atoms in total. The summed E-state index contributed by atoms with van der Waals surface area (Å²) in [7, 11) is 3.46. The first-order chi connectivity index (χ1) is 26.8. The van der Waals surface area contributed by atoms with Gasteiger partial charge in [0.25, 0.3) is 5.17 Å². The molecule has 57 heavy (non-hydrogen) atoms. The maximum atomic E-state index is 14.4. The molecule has 0 radical (unpaired) electrons. The number of hydrogen-bond donors (Lipinski definition) is 4. The fourth-order valence-corrected chi connectivity index (χ4v) is 8.76. The predicted molar refractivity (Wildman–Crippen MR) is 210 cm³/mol. The van der Waals surface area contributed by atoms with Gasteiger partial charge < -0.3 is 49.4 Å². The van der Waals surface area contributed by atoms with Crippen molar-refractivity contribution in [2.45, 2.75) is 141 Å². The van der Waals surface area contributed by atoms with Gasteiger partial charge in [-0.15, -0.1) is 0 Å². The van der Waals surface area contributed by atoms with E-state index in [1.165, 1.54) is 20.8 Å². The van der Waals surface area contributed by atoms with Gasteiger partial charge in [-0.3, -0.25) is 14.4 Å². The molecule has 0 spiro atoms. The number of carbonyl (C=O) groups is 4. The third-order valence-corrected chi connectivity index (χ3v) is 12.1. The molecule has 4 aliphatic rings. The van der Waals surface area contributed by atoms with Crippen molar-refractivity contribution in [3.05, 3.63) is 29.9 Å². The Labute approximate surface area is 339 Å². The molecule has 0 aromatic carbocycles. The number of nitrogens with zero attached hydrogens (tertiary/aromatic N) is 3. The van der Waals surface area contributed by atoms with Crippen LogP contribution in [0.25, 0.3) is 6.08 Å². The molecule has 4 fully saturated rings. The van der Waals surface area contributed by atoms with Crippen LogP contribution < -0.4 is 10.6 Å². The molecule has 1 aromatic rings. The summed E-state index contributed by atoms with van der Waals surface area (Å²) in [5, 5.41) is 28.0. The number of cyclic esters (lactones) is 1. The Bertz CT molecular complexity index is 1680. The lowest BCUT2D eigenvalue weighted by atomic mass is 9.73. The summed E-state index contributed by atoms with van der Waals surface area (Å²) >= 11 is 5.39. The van der Waals surface area contributed by atoms with Gasteiger partial charge >= 0.3 is 12.1 Å². The summed E-state index contributed by atoms with van der Waals surface area (Å²) in [6.45, 7) is 11.5. The Morgan fingerprint density at radius 3 is 2.37 bits per heavy atom. The lowest BCUT2D eigenvalue weighted by Gasteiger charge is -2.46. The molecule has 1 aliphatic carbocycles. The summed E-state index contributed by atoms with van der Waals surface area (Å²) < 4.78 is 30.4. The first-order valence-electron chi connectivity index (χ1n) is 19.9. The molecule has 5 rings (SSSR count). The van der Waals surface area contributed by atoms with E-state index < -0.39 is 95.7 Å². The van der Waals surface area contributed by atoms with Crippen molar-refractivity contribution >= 4 is 47.1 Å². The summed E-state index contributed by atoms with van der Waals surface area (Å²) in [5.41, 5.74) is -2.28. The topological polar surface area (TPSA) is 208 Å². The molecule has 13 atom stereocenters. The van der Waals surface area contributed by atoms with Gasteiger partial charge in [0.2, 0.25) is 0 Å². The first kappa shape index (κ1) is 44.5. The van der Waals surface area contributed by atoms with Crippen LogP contribution in [0.1, 0.15) is 97.9 Å². The van der Waals surface area contributed by atoms with E-state index in [4.69, 9.17) is 35.9 Å². The number of fused-ring (bicyclic) bond motifs is 1. The number of carbonyl (C=O) groups excluding carboxylic acids is 4. The third-order valence-electron chi connectivity index (χ3n) is 11.9. The van der Waals surface area contributed by atoms with Crippen molar-refractivity contribution < 1.29 is 53.1 Å². The number of ketones is 2. The number of likely N-dealkylation sites (N-methyl/N-ethyl adjacent to an activating group) is 1. The third kappa shape index (κ3) is 9.99. The van der Waals surface area contributed by atoms with Gasteiger partial charge in [0.05, 0.1) is 6.04 Å². The maximum absolute atomic E-state index is 14.4. The second-order valence-electron chi connectivity index (χ2n) is 16.6. The average Bonchev–Trinajstić information content (AvgIpc) is 3.96. The molecule has 0 unspecified atom stereocenters. The van der Waals surface area contributed by atoms with E-state index in [1.807, 2.05) is 0 Å².